The Bertz CT molecular complexity index is 331. The van der Waals surface area contributed by atoms with E-state index in [9.17, 15) is 4.79 Å². The van der Waals surface area contributed by atoms with Crippen molar-refractivity contribution < 1.29 is 9.53 Å². The molecule has 1 aromatic rings. The smallest absolute Gasteiger partial charge is 0.318 e. The highest BCUT2D eigenvalue weighted by atomic mass is 16.5. The number of carbonyl (C=O) groups is 1. The van der Waals surface area contributed by atoms with Gasteiger partial charge in [-0.25, -0.2) is 0 Å². The second-order valence-corrected chi connectivity index (χ2v) is 3.86. The summed E-state index contributed by atoms with van der Waals surface area (Å²) in [7, 11) is 1.72. The molecule has 5 nitrogen and oxygen atoms in total. The van der Waals surface area contributed by atoms with Crippen LogP contribution >= 0.6 is 0 Å². The minimum absolute atomic E-state index is 0.249. The van der Waals surface area contributed by atoms with Gasteiger partial charge < -0.3 is 4.74 Å². The van der Waals surface area contributed by atoms with E-state index < -0.39 is 5.41 Å². The van der Waals surface area contributed by atoms with E-state index in [0.29, 0.717) is 0 Å². The first-order chi connectivity index (χ1) is 6.45. The zero-order valence-electron chi connectivity index (χ0n) is 8.94. The number of nitrogens with zero attached hydrogens (tertiary/aromatic N) is 3. The Balaban J connectivity index is 2.66. The van der Waals surface area contributed by atoms with Crippen molar-refractivity contribution in [2.45, 2.75) is 27.2 Å². The van der Waals surface area contributed by atoms with E-state index in [-0.39, 0.29) is 11.8 Å². The second kappa shape index (κ2) is 3.77. The van der Waals surface area contributed by atoms with Gasteiger partial charge in [0.05, 0.1) is 11.6 Å². The molecule has 14 heavy (non-hydrogen) atoms. The third-order valence-corrected chi connectivity index (χ3v) is 2.22. The first kappa shape index (κ1) is 10.7. The van der Waals surface area contributed by atoms with Crippen LogP contribution in [-0.4, -0.2) is 21.0 Å². The van der Waals surface area contributed by atoms with Gasteiger partial charge in [0, 0.05) is 7.05 Å². The molecular weight excluding hydrogens is 182 g/mol. The molecule has 0 fully saturated rings. The molecule has 0 saturated heterocycles. The summed E-state index contributed by atoms with van der Waals surface area (Å²) >= 11 is 0. The lowest BCUT2D eigenvalue weighted by Crippen LogP contribution is -2.28. The summed E-state index contributed by atoms with van der Waals surface area (Å²) in [6, 6.07) is 0. The fourth-order valence-electron chi connectivity index (χ4n) is 0.750. The molecule has 0 aliphatic carbocycles. The van der Waals surface area contributed by atoms with E-state index in [1.165, 1.54) is 4.68 Å². The Morgan fingerprint density at radius 2 is 2.29 bits per heavy atom. The maximum Gasteiger partial charge on any atom is 0.318 e. The summed E-state index contributed by atoms with van der Waals surface area (Å²) in [5.74, 6) is -0.0282. The van der Waals surface area contributed by atoms with Crippen molar-refractivity contribution in [1.29, 1.82) is 0 Å². The zero-order chi connectivity index (χ0) is 10.8. The van der Waals surface area contributed by atoms with Crippen LogP contribution in [-0.2, 0) is 11.8 Å². The summed E-state index contributed by atoms with van der Waals surface area (Å²) < 4.78 is 6.55. The molecule has 0 saturated carbocycles. The minimum Gasteiger partial charge on any atom is -0.404 e. The van der Waals surface area contributed by atoms with E-state index in [1.54, 1.807) is 13.2 Å². The monoisotopic (exact) mass is 197 g/mol. The van der Waals surface area contributed by atoms with Gasteiger partial charge in [-0.3, -0.25) is 9.48 Å². The molecule has 0 unspecified atom stereocenters. The molecule has 0 radical (unpaired) electrons. The summed E-state index contributed by atoms with van der Waals surface area (Å²) in [4.78, 5) is 11.6. The maximum absolute atomic E-state index is 11.6. The van der Waals surface area contributed by atoms with Crippen molar-refractivity contribution >= 4 is 5.97 Å². The Kier molecular flexibility index (Phi) is 2.88. The van der Waals surface area contributed by atoms with E-state index in [0.717, 1.165) is 6.42 Å². The van der Waals surface area contributed by atoms with Crippen LogP contribution in [0.25, 0.3) is 0 Å². The highest BCUT2D eigenvalue weighted by molar-refractivity contribution is 5.77. The van der Waals surface area contributed by atoms with Crippen LogP contribution in [0.3, 0.4) is 0 Å². The first-order valence-corrected chi connectivity index (χ1v) is 4.54. The van der Waals surface area contributed by atoms with Crippen molar-refractivity contribution in [1.82, 2.24) is 15.0 Å². The number of hydrogen-bond donors (Lipinski definition) is 0. The second-order valence-electron chi connectivity index (χ2n) is 3.86. The first-order valence-electron chi connectivity index (χ1n) is 4.54. The number of aryl methyl sites for hydroxylation is 1. The Labute approximate surface area is 83.1 Å². The summed E-state index contributed by atoms with van der Waals surface area (Å²) in [6.45, 7) is 5.62. The molecule has 5 heteroatoms. The van der Waals surface area contributed by atoms with Crippen molar-refractivity contribution in [2.24, 2.45) is 12.5 Å². The van der Waals surface area contributed by atoms with Gasteiger partial charge in [-0.1, -0.05) is 17.2 Å². The molecule has 78 valence electrons. The molecular formula is C9H15N3O2. The number of ether oxygens (including phenoxy) is 1. The standard InChI is InChI=1S/C9H15N3O2/c1-5-9(2,3)8(13)14-7-6-12(4)11-10-7/h6H,5H2,1-4H3. The van der Waals surface area contributed by atoms with Gasteiger partial charge in [-0.2, -0.15) is 0 Å². The predicted molar refractivity (Wildman–Crippen MR) is 50.7 cm³/mol. The fourth-order valence-corrected chi connectivity index (χ4v) is 0.750. The number of carbonyl (C=O) groups excluding carboxylic acids is 1. The Hall–Kier alpha value is -1.39. The molecule has 0 atom stereocenters. The van der Waals surface area contributed by atoms with Crippen molar-refractivity contribution in [3.05, 3.63) is 6.20 Å². The predicted octanol–water partition coefficient (Wildman–Crippen LogP) is 1.16. The van der Waals surface area contributed by atoms with Crippen molar-refractivity contribution in [3.8, 4) is 5.88 Å². The summed E-state index contributed by atoms with van der Waals surface area (Å²) in [5.41, 5.74) is -0.475. The molecule has 0 bridgehead atoms. The lowest BCUT2D eigenvalue weighted by molar-refractivity contribution is -0.144. The van der Waals surface area contributed by atoms with E-state index in [1.807, 2.05) is 20.8 Å². The topological polar surface area (TPSA) is 57.0 Å². The van der Waals surface area contributed by atoms with Gasteiger partial charge >= 0.3 is 5.97 Å². The third kappa shape index (κ3) is 2.31. The van der Waals surface area contributed by atoms with Gasteiger partial charge in [0.15, 0.2) is 0 Å². The van der Waals surface area contributed by atoms with Crippen LogP contribution in [0.1, 0.15) is 27.2 Å². The third-order valence-electron chi connectivity index (χ3n) is 2.22. The Morgan fingerprint density at radius 3 is 2.71 bits per heavy atom. The average Bonchev–Trinajstić information content (AvgIpc) is 2.51. The minimum atomic E-state index is -0.475. The molecule has 0 aliphatic rings. The van der Waals surface area contributed by atoms with Crippen molar-refractivity contribution in [3.63, 3.8) is 0 Å². The molecule has 0 amide bonds. The van der Waals surface area contributed by atoms with E-state index in [2.05, 4.69) is 10.3 Å². The molecule has 0 N–H and O–H groups in total. The van der Waals surface area contributed by atoms with Crippen LogP contribution in [0.2, 0.25) is 0 Å². The highest BCUT2D eigenvalue weighted by Gasteiger charge is 2.28. The molecule has 1 aromatic heterocycles. The largest absolute Gasteiger partial charge is 0.404 e. The lowest BCUT2D eigenvalue weighted by Gasteiger charge is -2.18. The molecule has 1 rings (SSSR count). The van der Waals surface area contributed by atoms with Crippen LogP contribution in [0, 0.1) is 5.41 Å². The Morgan fingerprint density at radius 1 is 1.64 bits per heavy atom. The van der Waals surface area contributed by atoms with E-state index >= 15 is 0 Å². The lowest BCUT2D eigenvalue weighted by atomic mass is 9.91. The van der Waals surface area contributed by atoms with E-state index in [4.69, 9.17) is 4.74 Å². The highest BCUT2D eigenvalue weighted by Crippen LogP contribution is 2.22. The summed E-state index contributed by atoms with van der Waals surface area (Å²) in [6.07, 6.45) is 2.29. The number of aromatic nitrogens is 3. The van der Waals surface area contributed by atoms with Gasteiger partial charge in [0.2, 0.25) is 0 Å². The van der Waals surface area contributed by atoms with Gasteiger partial charge in [-0.05, 0) is 20.3 Å². The van der Waals surface area contributed by atoms with Crippen LogP contribution in [0.15, 0.2) is 6.20 Å². The van der Waals surface area contributed by atoms with Gasteiger partial charge in [0.25, 0.3) is 5.88 Å². The number of rotatable bonds is 3. The normalized spacial score (nSPS) is 11.4. The summed E-state index contributed by atoms with van der Waals surface area (Å²) in [5, 5.41) is 7.34. The zero-order valence-corrected chi connectivity index (χ0v) is 8.94. The van der Waals surface area contributed by atoms with Crippen LogP contribution in [0.5, 0.6) is 5.88 Å². The average molecular weight is 197 g/mol. The molecule has 0 aliphatic heterocycles. The molecule has 1 heterocycles. The van der Waals surface area contributed by atoms with Crippen molar-refractivity contribution in [2.75, 3.05) is 0 Å². The number of esters is 1. The molecule has 0 aromatic carbocycles. The molecule has 0 spiro atoms. The van der Waals surface area contributed by atoms with Gasteiger partial charge in [-0.15, -0.1) is 0 Å². The quantitative estimate of drug-likeness (QED) is 0.682. The fraction of sp³-hybridized carbons (Fsp3) is 0.667. The van der Waals surface area contributed by atoms with Gasteiger partial charge in [0.1, 0.15) is 0 Å². The maximum atomic E-state index is 11.6. The van der Waals surface area contributed by atoms with Crippen LogP contribution in [0.4, 0.5) is 0 Å². The number of hydrogen-bond acceptors (Lipinski definition) is 4. The van der Waals surface area contributed by atoms with Crippen LogP contribution < -0.4 is 4.74 Å². The SMILES string of the molecule is CCC(C)(C)C(=O)Oc1cn(C)nn1.